The first-order valence-electron chi connectivity index (χ1n) is 13.3. The van der Waals surface area contributed by atoms with Crippen molar-refractivity contribution in [2.45, 2.75) is 86.5 Å². The molecule has 5 heteroatoms. The molecular formula is C29H44O4S. The summed E-state index contributed by atoms with van der Waals surface area (Å²) in [4.78, 5) is 2.24. The maximum atomic E-state index is 6.55. The van der Waals surface area contributed by atoms with Crippen LogP contribution in [0.2, 0.25) is 0 Å². The Hall–Kier alpha value is -1.88. The molecule has 0 amide bonds. The van der Waals surface area contributed by atoms with Crippen LogP contribution in [0.1, 0.15) is 83.1 Å². The van der Waals surface area contributed by atoms with Crippen LogP contribution in [0.4, 0.5) is 0 Å². The molecule has 0 N–H and O–H groups in total. The van der Waals surface area contributed by atoms with Gasteiger partial charge in [-0.1, -0.05) is 59.8 Å². The number of rotatable bonds is 14. The van der Waals surface area contributed by atoms with E-state index < -0.39 is 0 Å². The highest BCUT2D eigenvalue weighted by Gasteiger charge is 2.26. The van der Waals surface area contributed by atoms with Gasteiger partial charge in [0.05, 0.1) is 18.1 Å². The summed E-state index contributed by atoms with van der Waals surface area (Å²) in [6, 6.07) is 4.32. The molecule has 1 aromatic heterocycles. The van der Waals surface area contributed by atoms with Crippen molar-refractivity contribution >= 4 is 11.3 Å². The largest absolute Gasteiger partial charge is 0.493 e. The van der Waals surface area contributed by atoms with E-state index in [9.17, 15) is 0 Å². The Morgan fingerprint density at radius 2 is 1.47 bits per heavy atom. The third-order valence-corrected chi connectivity index (χ3v) is 7.95. The Balaban J connectivity index is 1.93. The maximum absolute atomic E-state index is 6.55. The van der Waals surface area contributed by atoms with Crippen LogP contribution in [-0.2, 0) is 0 Å². The minimum absolute atomic E-state index is 0.561. The van der Waals surface area contributed by atoms with Crippen molar-refractivity contribution in [2.75, 3.05) is 26.4 Å². The highest BCUT2D eigenvalue weighted by atomic mass is 32.1. The minimum Gasteiger partial charge on any atom is -0.493 e. The average Bonchev–Trinajstić information content (AvgIpc) is 3.19. The van der Waals surface area contributed by atoms with Gasteiger partial charge in [0.15, 0.2) is 11.5 Å². The summed E-state index contributed by atoms with van der Waals surface area (Å²) >= 11 is 1.72. The average molecular weight is 489 g/mol. The van der Waals surface area contributed by atoms with E-state index in [1.165, 1.54) is 32.1 Å². The van der Waals surface area contributed by atoms with E-state index in [0.29, 0.717) is 25.0 Å². The number of thiophene rings is 1. The van der Waals surface area contributed by atoms with Crippen molar-refractivity contribution in [1.29, 1.82) is 0 Å². The number of unbranched alkanes of at least 4 members (excludes halogenated alkanes) is 1. The third-order valence-electron chi connectivity index (χ3n) is 6.85. The van der Waals surface area contributed by atoms with Crippen LogP contribution >= 0.6 is 11.3 Å². The summed E-state index contributed by atoms with van der Waals surface area (Å²) < 4.78 is 24.9. The van der Waals surface area contributed by atoms with Crippen LogP contribution in [0.5, 0.6) is 23.0 Å². The highest BCUT2D eigenvalue weighted by molar-refractivity contribution is 7.16. The predicted octanol–water partition coefficient (Wildman–Crippen LogP) is 8.60. The van der Waals surface area contributed by atoms with Crippen molar-refractivity contribution < 1.29 is 18.9 Å². The molecule has 1 aromatic carbocycles. The van der Waals surface area contributed by atoms with Gasteiger partial charge in [-0.3, -0.25) is 0 Å². The highest BCUT2D eigenvalue weighted by Crippen LogP contribution is 2.52. The van der Waals surface area contributed by atoms with E-state index in [1.54, 1.807) is 11.3 Å². The van der Waals surface area contributed by atoms with Crippen molar-refractivity contribution in [3.05, 3.63) is 22.6 Å². The van der Waals surface area contributed by atoms with Gasteiger partial charge in [-0.05, 0) is 50.2 Å². The SMILES string of the molecule is CCCCC(CC)COc1cc(OCC(CC)CCC)c(C)cc1-c1sc(C)c2c1OCCO2. The molecule has 2 unspecified atom stereocenters. The van der Waals surface area contributed by atoms with Crippen LogP contribution in [0.3, 0.4) is 0 Å². The lowest BCUT2D eigenvalue weighted by Gasteiger charge is -2.22. The molecule has 0 radical (unpaired) electrons. The number of hydrogen-bond acceptors (Lipinski definition) is 5. The van der Waals surface area contributed by atoms with Crippen LogP contribution in [0.15, 0.2) is 12.1 Å². The molecule has 0 aliphatic carbocycles. The molecule has 0 bridgehead atoms. The monoisotopic (exact) mass is 488 g/mol. The number of ether oxygens (including phenoxy) is 4. The minimum atomic E-state index is 0.561. The molecular weight excluding hydrogens is 444 g/mol. The molecule has 2 atom stereocenters. The molecule has 3 rings (SSSR count). The fourth-order valence-corrected chi connectivity index (χ4v) is 5.58. The van der Waals surface area contributed by atoms with Crippen LogP contribution < -0.4 is 18.9 Å². The standard InChI is InChI=1S/C29H44O4S/c1-7-11-13-23(10-4)19-33-26-17-25(32-18-22(9-3)12-8-2)20(5)16-24(26)29-28-27(21(6)34-29)30-14-15-31-28/h16-17,22-23H,7-15,18-19H2,1-6H3. The molecule has 2 aromatic rings. The fourth-order valence-electron chi connectivity index (χ4n) is 4.52. The number of benzene rings is 1. The summed E-state index contributed by atoms with van der Waals surface area (Å²) in [6.45, 7) is 15.9. The van der Waals surface area contributed by atoms with E-state index in [-0.39, 0.29) is 0 Å². The molecule has 0 spiro atoms. The normalized spacial score (nSPS) is 14.6. The Labute approximate surface area is 211 Å². The van der Waals surface area contributed by atoms with E-state index >= 15 is 0 Å². The lowest BCUT2D eigenvalue weighted by molar-refractivity contribution is 0.173. The molecule has 0 saturated heterocycles. The first-order chi connectivity index (χ1) is 16.5. The Kier molecular flexibility index (Phi) is 10.4. The maximum Gasteiger partial charge on any atom is 0.180 e. The Morgan fingerprint density at radius 1 is 0.824 bits per heavy atom. The lowest BCUT2D eigenvalue weighted by Crippen LogP contribution is -2.15. The topological polar surface area (TPSA) is 36.9 Å². The number of aryl methyl sites for hydroxylation is 2. The smallest absolute Gasteiger partial charge is 0.180 e. The molecule has 0 fully saturated rings. The van der Waals surface area contributed by atoms with Crippen LogP contribution in [0, 0.1) is 25.7 Å². The number of fused-ring (bicyclic) bond motifs is 1. The van der Waals surface area contributed by atoms with Gasteiger partial charge in [-0.15, -0.1) is 11.3 Å². The Bertz CT molecular complexity index is 904. The summed E-state index contributed by atoms with van der Waals surface area (Å²) in [5, 5.41) is 0. The second-order valence-corrected chi connectivity index (χ2v) is 10.8. The van der Waals surface area contributed by atoms with Gasteiger partial charge < -0.3 is 18.9 Å². The zero-order valence-electron chi connectivity index (χ0n) is 22.1. The predicted molar refractivity (Wildman–Crippen MR) is 143 cm³/mol. The second-order valence-electron chi connectivity index (χ2n) is 9.56. The van der Waals surface area contributed by atoms with Crippen molar-refractivity contribution in [3.8, 4) is 33.4 Å². The summed E-state index contributed by atoms with van der Waals surface area (Å²) in [7, 11) is 0. The van der Waals surface area contributed by atoms with Gasteiger partial charge in [-0.25, -0.2) is 0 Å². The summed E-state index contributed by atoms with van der Waals surface area (Å²) in [5.41, 5.74) is 2.21. The van der Waals surface area contributed by atoms with Gasteiger partial charge in [0, 0.05) is 16.5 Å². The zero-order chi connectivity index (χ0) is 24.5. The van der Waals surface area contributed by atoms with Gasteiger partial charge in [0.2, 0.25) is 0 Å². The van der Waals surface area contributed by atoms with Gasteiger partial charge >= 0.3 is 0 Å². The van der Waals surface area contributed by atoms with Crippen LogP contribution in [0.25, 0.3) is 10.4 Å². The lowest BCUT2D eigenvalue weighted by atomic mass is 10.0. The van der Waals surface area contributed by atoms with E-state index in [1.807, 2.05) is 0 Å². The van der Waals surface area contributed by atoms with Crippen molar-refractivity contribution in [1.82, 2.24) is 0 Å². The van der Waals surface area contributed by atoms with Crippen molar-refractivity contribution in [2.24, 2.45) is 11.8 Å². The molecule has 1 aliphatic heterocycles. The van der Waals surface area contributed by atoms with Crippen molar-refractivity contribution in [3.63, 3.8) is 0 Å². The molecule has 2 heterocycles. The summed E-state index contributed by atoms with van der Waals surface area (Å²) in [5.74, 6) is 4.70. The van der Waals surface area contributed by atoms with E-state index in [0.717, 1.165) is 69.9 Å². The molecule has 1 aliphatic rings. The molecule has 190 valence electrons. The van der Waals surface area contributed by atoms with Gasteiger partial charge in [-0.2, -0.15) is 0 Å². The quantitative estimate of drug-likeness (QED) is 0.267. The third kappa shape index (κ3) is 6.62. The number of hydrogen-bond donors (Lipinski definition) is 0. The first-order valence-corrected chi connectivity index (χ1v) is 14.1. The molecule has 34 heavy (non-hydrogen) atoms. The van der Waals surface area contributed by atoms with Crippen LogP contribution in [-0.4, -0.2) is 26.4 Å². The van der Waals surface area contributed by atoms with E-state index in [2.05, 4.69) is 53.7 Å². The Morgan fingerprint density at radius 3 is 2.12 bits per heavy atom. The summed E-state index contributed by atoms with van der Waals surface area (Å²) in [6.07, 6.45) is 8.33. The molecule has 4 nitrogen and oxygen atoms in total. The first kappa shape index (κ1) is 26.7. The van der Waals surface area contributed by atoms with E-state index in [4.69, 9.17) is 18.9 Å². The van der Waals surface area contributed by atoms with Gasteiger partial charge in [0.25, 0.3) is 0 Å². The second kappa shape index (κ2) is 13.3. The molecule has 0 saturated carbocycles. The zero-order valence-corrected chi connectivity index (χ0v) is 22.9. The fraction of sp³-hybridized carbons (Fsp3) is 0.655. The van der Waals surface area contributed by atoms with Gasteiger partial charge in [0.1, 0.15) is 24.7 Å².